The molecule has 1 N–H and O–H groups in total. The molecule has 2 aromatic rings. The minimum atomic E-state index is 0.685. The Morgan fingerprint density at radius 2 is 2.26 bits per heavy atom. The second-order valence-electron chi connectivity index (χ2n) is 5.20. The van der Waals surface area contributed by atoms with Crippen molar-refractivity contribution in [2.45, 2.75) is 19.3 Å². The van der Waals surface area contributed by atoms with Crippen molar-refractivity contribution in [3.8, 4) is 11.4 Å². The monoisotopic (exact) mass is 257 g/mol. The van der Waals surface area contributed by atoms with E-state index in [9.17, 15) is 0 Å². The van der Waals surface area contributed by atoms with E-state index in [-0.39, 0.29) is 0 Å². The molecule has 1 aliphatic heterocycles. The molecular weight excluding hydrogens is 238 g/mol. The molecule has 0 amide bonds. The molecule has 0 spiro atoms. The van der Waals surface area contributed by atoms with Gasteiger partial charge in [-0.2, -0.15) is 0 Å². The lowest BCUT2D eigenvalue weighted by Crippen LogP contribution is -2.31. The summed E-state index contributed by atoms with van der Waals surface area (Å²) in [6.07, 6.45) is 10.9. The molecule has 100 valence electrons. The Morgan fingerprint density at radius 1 is 1.32 bits per heavy atom. The standard InChI is InChI=1S/C14H19N5/c1-19-10-17-9-14(19)13-8-16-7-12(18-13)5-11-3-2-4-15-6-11/h7-11,15H,2-6H2,1H3/t11-/m0/s1. The molecule has 5 heteroatoms. The fourth-order valence-electron chi connectivity index (χ4n) is 2.63. The number of piperidine rings is 1. The molecule has 0 aliphatic carbocycles. The van der Waals surface area contributed by atoms with Gasteiger partial charge >= 0.3 is 0 Å². The summed E-state index contributed by atoms with van der Waals surface area (Å²) < 4.78 is 1.97. The first kappa shape index (κ1) is 12.3. The molecule has 19 heavy (non-hydrogen) atoms. The van der Waals surface area contributed by atoms with E-state index >= 15 is 0 Å². The van der Waals surface area contributed by atoms with Gasteiger partial charge in [-0.1, -0.05) is 0 Å². The lowest BCUT2D eigenvalue weighted by atomic mass is 9.95. The topological polar surface area (TPSA) is 55.6 Å². The molecule has 0 unspecified atom stereocenters. The summed E-state index contributed by atoms with van der Waals surface area (Å²) >= 11 is 0. The predicted molar refractivity (Wildman–Crippen MR) is 73.5 cm³/mol. The van der Waals surface area contributed by atoms with E-state index in [2.05, 4.69) is 15.3 Å². The van der Waals surface area contributed by atoms with Crippen LogP contribution in [0.4, 0.5) is 0 Å². The van der Waals surface area contributed by atoms with Gasteiger partial charge < -0.3 is 9.88 Å². The molecule has 1 fully saturated rings. The van der Waals surface area contributed by atoms with E-state index in [4.69, 9.17) is 4.98 Å². The molecule has 0 aromatic carbocycles. The first-order valence-corrected chi connectivity index (χ1v) is 6.81. The maximum atomic E-state index is 4.72. The molecule has 2 aromatic heterocycles. The van der Waals surface area contributed by atoms with Crippen LogP contribution in [0.5, 0.6) is 0 Å². The van der Waals surface area contributed by atoms with Gasteiger partial charge in [0.2, 0.25) is 0 Å². The van der Waals surface area contributed by atoms with Crippen LogP contribution in [0.3, 0.4) is 0 Å². The van der Waals surface area contributed by atoms with Crippen LogP contribution in [0.2, 0.25) is 0 Å². The summed E-state index contributed by atoms with van der Waals surface area (Å²) in [6, 6.07) is 0. The Hall–Kier alpha value is -1.75. The van der Waals surface area contributed by atoms with Crippen molar-refractivity contribution in [3.63, 3.8) is 0 Å². The number of aromatic nitrogens is 4. The van der Waals surface area contributed by atoms with Gasteiger partial charge in [0.25, 0.3) is 0 Å². The Kier molecular flexibility index (Phi) is 3.55. The van der Waals surface area contributed by atoms with Crippen molar-refractivity contribution < 1.29 is 0 Å². The zero-order valence-corrected chi connectivity index (χ0v) is 11.2. The summed E-state index contributed by atoms with van der Waals surface area (Å²) in [4.78, 5) is 13.2. The van der Waals surface area contributed by atoms with Gasteiger partial charge in [0.1, 0.15) is 5.69 Å². The molecular formula is C14H19N5. The molecule has 1 saturated heterocycles. The largest absolute Gasteiger partial charge is 0.332 e. The zero-order valence-electron chi connectivity index (χ0n) is 11.2. The van der Waals surface area contributed by atoms with Gasteiger partial charge in [-0.3, -0.25) is 4.98 Å². The first-order valence-electron chi connectivity index (χ1n) is 6.81. The van der Waals surface area contributed by atoms with Crippen LogP contribution in [0, 0.1) is 5.92 Å². The minimum absolute atomic E-state index is 0.685. The van der Waals surface area contributed by atoms with Gasteiger partial charge in [0.05, 0.1) is 30.1 Å². The molecule has 0 bridgehead atoms. The first-order chi connectivity index (χ1) is 9.33. The summed E-state index contributed by atoms with van der Waals surface area (Å²) in [7, 11) is 1.97. The van der Waals surface area contributed by atoms with Crippen LogP contribution in [-0.2, 0) is 13.5 Å². The average Bonchev–Trinajstić information content (AvgIpc) is 2.86. The van der Waals surface area contributed by atoms with Gasteiger partial charge in [0, 0.05) is 13.2 Å². The van der Waals surface area contributed by atoms with Crippen LogP contribution in [0.15, 0.2) is 24.9 Å². The zero-order chi connectivity index (χ0) is 13.1. The second kappa shape index (κ2) is 5.48. The summed E-state index contributed by atoms with van der Waals surface area (Å²) in [5, 5.41) is 3.44. The lowest BCUT2D eigenvalue weighted by Gasteiger charge is -2.22. The second-order valence-corrected chi connectivity index (χ2v) is 5.20. The summed E-state index contributed by atoms with van der Waals surface area (Å²) in [5.74, 6) is 0.685. The number of aryl methyl sites for hydroxylation is 1. The van der Waals surface area contributed by atoms with Crippen molar-refractivity contribution in [1.82, 2.24) is 24.8 Å². The third-order valence-corrected chi connectivity index (χ3v) is 3.66. The molecule has 1 aliphatic rings. The highest BCUT2D eigenvalue weighted by Crippen LogP contribution is 2.18. The van der Waals surface area contributed by atoms with Crippen molar-refractivity contribution in [3.05, 3.63) is 30.6 Å². The highest BCUT2D eigenvalue weighted by Gasteiger charge is 2.15. The Labute approximate surface area is 113 Å². The molecule has 0 saturated carbocycles. The summed E-state index contributed by atoms with van der Waals surface area (Å²) in [5.41, 5.74) is 2.99. The quantitative estimate of drug-likeness (QED) is 0.903. The fourth-order valence-corrected chi connectivity index (χ4v) is 2.63. The number of hydrogen-bond acceptors (Lipinski definition) is 4. The van der Waals surface area contributed by atoms with E-state index in [0.717, 1.165) is 36.6 Å². The van der Waals surface area contributed by atoms with Gasteiger partial charge in [0.15, 0.2) is 0 Å². The molecule has 0 radical (unpaired) electrons. The van der Waals surface area contributed by atoms with Crippen molar-refractivity contribution in [2.24, 2.45) is 13.0 Å². The molecule has 1 atom stereocenters. The van der Waals surface area contributed by atoms with Crippen molar-refractivity contribution in [2.75, 3.05) is 13.1 Å². The van der Waals surface area contributed by atoms with E-state index in [1.54, 1.807) is 12.5 Å². The van der Waals surface area contributed by atoms with Crippen LogP contribution < -0.4 is 5.32 Å². The number of hydrogen-bond donors (Lipinski definition) is 1. The Balaban J connectivity index is 1.78. The van der Waals surface area contributed by atoms with E-state index in [0.29, 0.717) is 5.92 Å². The smallest absolute Gasteiger partial charge is 0.107 e. The number of rotatable bonds is 3. The third-order valence-electron chi connectivity index (χ3n) is 3.66. The average molecular weight is 257 g/mol. The number of imidazole rings is 1. The number of nitrogens with one attached hydrogen (secondary N) is 1. The SMILES string of the molecule is Cn1cncc1-c1cncc(C[C@@H]2CCCNC2)n1. The van der Waals surface area contributed by atoms with Crippen LogP contribution >= 0.6 is 0 Å². The van der Waals surface area contributed by atoms with E-state index in [1.165, 1.54) is 12.8 Å². The molecule has 3 heterocycles. The highest BCUT2D eigenvalue weighted by molar-refractivity contribution is 5.52. The predicted octanol–water partition coefficient (Wildman–Crippen LogP) is 1.42. The van der Waals surface area contributed by atoms with Gasteiger partial charge in [-0.15, -0.1) is 0 Å². The highest BCUT2D eigenvalue weighted by atomic mass is 15.0. The van der Waals surface area contributed by atoms with Gasteiger partial charge in [-0.25, -0.2) is 9.97 Å². The summed E-state index contributed by atoms with van der Waals surface area (Å²) in [6.45, 7) is 2.24. The van der Waals surface area contributed by atoms with Crippen LogP contribution in [0.1, 0.15) is 18.5 Å². The van der Waals surface area contributed by atoms with Gasteiger partial charge in [-0.05, 0) is 38.3 Å². The van der Waals surface area contributed by atoms with E-state index < -0.39 is 0 Å². The molecule has 3 rings (SSSR count). The van der Waals surface area contributed by atoms with E-state index in [1.807, 2.05) is 24.0 Å². The van der Waals surface area contributed by atoms with Crippen molar-refractivity contribution >= 4 is 0 Å². The number of nitrogens with zero attached hydrogens (tertiary/aromatic N) is 4. The Bertz CT molecular complexity index is 542. The normalized spacial score (nSPS) is 19.5. The third kappa shape index (κ3) is 2.81. The lowest BCUT2D eigenvalue weighted by molar-refractivity contribution is 0.373. The maximum absolute atomic E-state index is 4.72. The van der Waals surface area contributed by atoms with Crippen LogP contribution in [-0.4, -0.2) is 32.6 Å². The molecule has 5 nitrogen and oxygen atoms in total. The van der Waals surface area contributed by atoms with Crippen molar-refractivity contribution in [1.29, 1.82) is 0 Å². The maximum Gasteiger partial charge on any atom is 0.107 e. The minimum Gasteiger partial charge on any atom is -0.332 e. The Morgan fingerprint density at radius 3 is 3.00 bits per heavy atom. The fraction of sp³-hybridized carbons (Fsp3) is 0.500. The van der Waals surface area contributed by atoms with Crippen LogP contribution in [0.25, 0.3) is 11.4 Å².